The third-order valence-corrected chi connectivity index (χ3v) is 2.78. The van der Waals surface area contributed by atoms with Gasteiger partial charge < -0.3 is 10.1 Å². The van der Waals surface area contributed by atoms with Crippen molar-refractivity contribution < 1.29 is 13.9 Å². The molecule has 0 amide bonds. The Balaban J connectivity index is 2.93. The van der Waals surface area contributed by atoms with Crippen LogP contribution in [0.2, 0.25) is 0 Å². The molecule has 0 fully saturated rings. The largest absolute Gasteiger partial charge is 0.465 e. The molecule has 1 unspecified atom stereocenters. The fourth-order valence-electron chi connectivity index (χ4n) is 1.71. The van der Waals surface area contributed by atoms with Crippen LogP contribution in [0.25, 0.3) is 0 Å². The van der Waals surface area contributed by atoms with E-state index in [2.05, 4.69) is 5.32 Å². The van der Waals surface area contributed by atoms with Crippen LogP contribution in [0.3, 0.4) is 0 Å². The lowest BCUT2D eigenvalue weighted by molar-refractivity contribution is -0.145. The lowest BCUT2D eigenvalue weighted by Gasteiger charge is -2.19. The summed E-state index contributed by atoms with van der Waals surface area (Å²) in [5, 5.41) is 3.13. The average Bonchev–Trinajstić information content (AvgIpc) is 2.33. The molecular formula is C15H22FNO2. The molecule has 1 N–H and O–H groups in total. The van der Waals surface area contributed by atoms with Crippen LogP contribution in [-0.4, -0.2) is 19.1 Å². The third kappa shape index (κ3) is 4.63. The van der Waals surface area contributed by atoms with Crippen LogP contribution < -0.4 is 5.32 Å². The first-order valence-electron chi connectivity index (χ1n) is 6.61. The monoisotopic (exact) mass is 267 g/mol. The minimum absolute atomic E-state index is 0.307. The Kier molecular flexibility index (Phi) is 5.96. The third-order valence-electron chi connectivity index (χ3n) is 2.78. The topological polar surface area (TPSA) is 38.3 Å². The summed E-state index contributed by atoms with van der Waals surface area (Å²) in [7, 11) is 0. The molecule has 1 aromatic rings. The minimum atomic E-state index is -0.613. The number of ether oxygens (including phenoxy) is 1. The van der Waals surface area contributed by atoms with Gasteiger partial charge in [-0.15, -0.1) is 0 Å². The molecule has 0 heterocycles. The van der Waals surface area contributed by atoms with Gasteiger partial charge in [0.2, 0.25) is 0 Å². The Labute approximate surface area is 114 Å². The molecule has 0 saturated heterocycles. The summed E-state index contributed by atoms with van der Waals surface area (Å²) in [6.45, 7) is 8.52. The molecule has 0 aliphatic rings. The predicted octanol–water partition coefficient (Wildman–Crippen LogP) is 2.98. The summed E-state index contributed by atoms with van der Waals surface area (Å²) in [5.41, 5.74) is 1.16. The van der Waals surface area contributed by atoms with E-state index < -0.39 is 6.04 Å². The Morgan fingerprint density at radius 2 is 2.11 bits per heavy atom. The normalized spacial score (nSPS) is 12.5. The zero-order valence-corrected chi connectivity index (χ0v) is 12.0. The van der Waals surface area contributed by atoms with Gasteiger partial charge in [0.1, 0.15) is 11.9 Å². The Morgan fingerprint density at radius 3 is 2.63 bits per heavy atom. The average molecular weight is 267 g/mol. The van der Waals surface area contributed by atoms with Crippen molar-refractivity contribution in [2.45, 2.75) is 33.7 Å². The molecule has 0 aromatic heterocycles. The molecule has 1 aromatic carbocycles. The summed E-state index contributed by atoms with van der Waals surface area (Å²) < 4.78 is 18.6. The Bertz CT molecular complexity index is 432. The summed E-state index contributed by atoms with van der Waals surface area (Å²) in [6, 6.07) is 4.21. The molecule has 4 heteroatoms. The summed E-state index contributed by atoms with van der Waals surface area (Å²) in [6.07, 6.45) is 0. The Hall–Kier alpha value is -1.42. The zero-order valence-electron chi connectivity index (χ0n) is 12.0. The number of hydrogen-bond acceptors (Lipinski definition) is 3. The van der Waals surface area contributed by atoms with Crippen molar-refractivity contribution in [3.05, 3.63) is 35.1 Å². The number of halogens is 1. The van der Waals surface area contributed by atoms with Crippen molar-refractivity contribution >= 4 is 5.97 Å². The van der Waals surface area contributed by atoms with Gasteiger partial charge in [0, 0.05) is 0 Å². The predicted molar refractivity (Wildman–Crippen MR) is 73.4 cm³/mol. The lowest BCUT2D eigenvalue weighted by atomic mass is 10.0. The van der Waals surface area contributed by atoms with E-state index in [1.807, 2.05) is 13.8 Å². The molecule has 0 aliphatic heterocycles. The fourth-order valence-corrected chi connectivity index (χ4v) is 1.71. The molecule has 19 heavy (non-hydrogen) atoms. The quantitative estimate of drug-likeness (QED) is 0.805. The van der Waals surface area contributed by atoms with Crippen LogP contribution in [-0.2, 0) is 9.53 Å². The van der Waals surface area contributed by atoms with Crippen LogP contribution in [0.15, 0.2) is 18.2 Å². The van der Waals surface area contributed by atoms with Crippen molar-refractivity contribution in [2.24, 2.45) is 5.92 Å². The number of benzene rings is 1. The van der Waals surface area contributed by atoms with E-state index in [4.69, 9.17) is 4.74 Å². The highest BCUT2D eigenvalue weighted by Gasteiger charge is 2.22. The number of nitrogens with one attached hydrogen (secondary N) is 1. The molecule has 1 rings (SSSR count). The number of carbonyl (C=O) groups is 1. The standard InChI is InChI=1S/C15H22FNO2/c1-5-19-15(18)14(17-9-10(2)3)12-7-6-11(4)13(16)8-12/h6-8,10,14,17H,5,9H2,1-4H3. The van der Waals surface area contributed by atoms with Gasteiger partial charge in [-0.25, -0.2) is 9.18 Å². The number of hydrogen-bond donors (Lipinski definition) is 1. The second-order valence-electron chi connectivity index (χ2n) is 5.00. The van der Waals surface area contributed by atoms with E-state index in [1.165, 1.54) is 6.07 Å². The highest BCUT2D eigenvalue weighted by Crippen LogP contribution is 2.18. The van der Waals surface area contributed by atoms with Gasteiger partial charge in [-0.3, -0.25) is 0 Å². The second-order valence-corrected chi connectivity index (χ2v) is 5.00. The second kappa shape index (κ2) is 7.24. The summed E-state index contributed by atoms with van der Waals surface area (Å²) in [5.74, 6) is -0.281. The molecule has 0 bridgehead atoms. The van der Waals surface area contributed by atoms with E-state index in [1.54, 1.807) is 26.0 Å². The van der Waals surface area contributed by atoms with Gasteiger partial charge in [0.25, 0.3) is 0 Å². The smallest absolute Gasteiger partial charge is 0.327 e. The van der Waals surface area contributed by atoms with E-state index in [9.17, 15) is 9.18 Å². The first kappa shape index (κ1) is 15.6. The van der Waals surface area contributed by atoms with Crippen molar-refractivity contribution in [2.75, 3.05) is 13.2 Å². The maximum absolute atomic E-state index is 13.6. The molecule has 0 radical (unpaired) electrons. The number of esters is 1. The maximum Gasteiger partial charge on any atom is 0.327 e. The van der Waals surface area contributed by atoms with E-state index in [0.29, 0.717) is 30.2 Å². The van der Waals surface area contributed by atoms with Crippen molar-refractivity contribution in [1.29, 1.82) is 0 Å². The fraction of sp³-hybridized carbons (Fsp3) is 0.533. The SMILES string of the molecule is CCOC(=O)C(NCC(C)C)c1ccc(C)c(F)c1. The molecule has 0 saturated carbocycles. The van der Waals surface area contributed by atoms with E-state index in [0.717, 1.165) is 0 Å². The van der Waals surface area contributed by atoms with Gasteiger partial charge in [-0.1, -0.05) is 26.0 Å². The number of carbonyl (C=O) groups excluding carboxylic acids is 1. The van der Waals surface area contributed by atoms with Gasteiger partial charge in [-0.05, 0) is 43.5 Å². The summed E-state index contributed by atoms with van der Waals surface area (Å²) in [4.78, 5) is 11.9. The van der Waals surface area contributed by atoms with Crippen LogP contribution in [0.1, 0.15) is 37.9 Å². The summed E-state index contributed by atoms with van der Waals surface area (Å²) >= 11 is 0. The van der Waals surface area contributed by atoms with E-state index in [-0.39, 0.29) is 11.8 Å². The van der Waals surface area contributed by atoms with Gasteiger partial charge >= 0.3 is 5.97 Å². The molecule has 3 nitrogen and oxygen atoms in total. The van der Waals surface area contributed by atoms with Crippen molar-refractivity contribution in [3.8, 4) is 0 Å². The van der Waals surface area contributed by atoms with Crippen LogP contribution in [0.4, 0.5) is 4.39 Å². The van der Waals surface area contributed by atoms with Crippen molar-refractivity contribution in [3.63, 3.8) is 0 Å². The van der Waals surface area contributed by atoms with Gasteiger partial charge in [0.05, 0.1) is 6.61 Å². The minimum Gasteiger partial charge on any atom is -0.465 e. The highest BCUT2D eigenvalue weighted by molar-refractivity contribution is 5.77. The lowest BCUT2D eigenvalue weighted by Crippen LogP contribution is -2.32. The first-order valence-corrected chi connectivity index (χ1v) is 6.61. The highest BCUT2D eigenvalue weighted by atomic mass is 19.1. The number of aryl methyl sites for hydroxylation is 1. The molecule has 0 aliphatic carbocycles. The Morgan fingerprint density at radius 1 is 1.42 bits per heavy atom. The first-order chi connectivity index (χ1) is 8.95. The van der Waals surface area contributed by atoms with Crippen LogP contribution >= 0.6 is 0 Å². The number of rotatable bonds is 6. The van der Waals surface area contributed by atoms with E-state index >= 15 is 0 Å². The van der Waals surface area contributed by atoms with Crippen LogP contribution in [0, 0.1) is 18.7 Å². The molecule has 0 spiro atoms. The van der Waals surface area contributed by atoms with Gasteiger partial charge in [-0.2, -0.15) is 0 Å². The zero-order chi connectivity index (χ0) is 14.4. The van der Waals surface area contributed by atoms with Crippen molar-refractivity contribution in [1.82, 2.24) is 5.32 Å². The van der Waals surface area contributed by atoms with Crippen LogP contribution in [0.5, 0.6) is 0 Å². The van der Waals surface area contributed by atoms with Gasteiger partial charge in [0.15, 0.2) is 0 Å². The molecule has 106 valence electrons. The molecular weight excluding hydrogens is 245 g/mol. The molecule has 1 atom stereocenters. The maximum atomic E-state index is 13.6.